The lowest BCUT2D eigenvalue weighted by molar-refractivity contribution is -0.137. The highest BCUT2D eigenvalue weighted by atomic mass is 32.1. The average molecular weight is 570 g/mol. The van der Waals surface area contributed by atoms with E-state index in [0.29, 0.717) is 19.3 Å². The molecule has 1 aliphatic carbocycles. The third-order valence-corrected chi connectivity index (χ3v) is 7.23. The van der Waals surface area contributed by atoms with Gasteiger partial charge in [0.25, 0.3) is 11.8 Å². The van der Waals surface area contributed by atoms with E-state index in [1.807, 2.05) is 0 Å². The maximum Gasteiger partial charge on any atom is 0.417 e. The van der Waals surface area contributed by atoms with Crippen molar-refractivity contribution in [3.05, 3.63) is 82.8 Å². The molecule has 206 valence electrons. The fourth-order valence-corrected chi connectivity index (χ4v) is 5.15. The standard InChI is InChI=1S/C28H23F4N5O2S/c1-3-4-6-23(34-2)24(38)35-16-18-8-10-20(14-22(18)29)37-26(40)36(25(39)27(37)11-5-12-27)19-9-7-17(15-33)21(13-19)28(30,31)32/h3-4,6-10,13-14H,2,5,11-12,16H2,1H3,(H,35,38)/b4-3-,23-6-. The van der Waals surface area contributed by atoms with E-state index >= 15 is 4.39 Å². The molecule has 40 heavy (non-hydrogen) atoms. The van der Waals surface area contributed by atoms with Gasteiger partial charge in [-0.05, 0) is 81.5 Å². The van der Waals surface area contributed by atoms with E-state index in [-0.39, 0.29) is 34.3 Å². The van der Waals surface area contributed by atoms with Crippen LogP contribution in [0.3, 0.4) is 0 Å². The SMILES string of the molecule is C=N/C(=C\C=C/C)C(=O)NCc1ccc(N2C(=S)N(c3ccc(C#N)c(C(F)(F)F)c3)C(=O)C23CCC3)cc1F. The molecule has 2 amide bonds. The third kappa shape index (κ3) is 5.00. The van der Waals surface area contributed by atoms with E-state index in [4.69, 9.17) is 17.5 Å². The monoisotopic (exact) mass is 569 g/mol. The number of hydrogen-bond acceptors (Lipinski definition) is 5. The molecule has 1 N–H and O–H groups in total. The summed E-state index contributed by atoms with van der Waals surface area (Å²) in [7, 11) is 0. The van der Waals surface area contributed by atoms with Crippen LogP contribution < -0.4 is 15.1 Å². The molecule has 1 saturated carbocycles. The first-order valence-corrected chi connectivity index (χ1v) is 12.6. The number of halogens is 4. The van der Waals surface area contributed by atoms with Gasteiger partial charge in [-0.1, -0.05) is 18.2 Å². The molecule has 12 heteroatoms. The van der Waals surface area contributed by atoms with Gasteiger partial charge in [0.05, 0.1) is 22.9 Å². The minimum absolute atomic E-state index is 0.0551. The van der Waals surface area contributed by atoms with Crippen LogP contribution in [0.25, 0.3) is 0 Å². The Balaban J connectivity index is 1.64. The van der Waals surface area contributed by atoms with Crippen molar-refractivity contribution in [3.8, 4) is 6.07 Å². The minimum Gasteiger partial charge on any atom is -0.347 e. The Labute approximate surface area is 233 Å². The van der Waals surface area contributed by atoms with Crippen LogP contribution in [0.2, 0.25) is 0 Å². The topological polar surface area (TPSA) is 88.8 Å². The van der Waals surface area contributed by atoms with E-state index < -0.39 is 40.5 Å². The predicted octanol–water partition coefficient (Wildman–Crippen LogP) is 5.55. The van der Waals surface area contributed by atoms with Crippen molar-refractivity contribution in [2.45, 2.75) is 44.4 Å². The van der Waals surface area contributed by atoms with Crippen molar-refractivity contribution in [1.82, 2.24) is 5.32 Å². The molecule has 7 nitrogen and oxygen atoms in total. The first-order valence-electron chi connectivity index (χ1n) is 12.1. The summed E-state index contributed by atoms with van der Waals surface area (Å²) in [6, 6.07) is 8.61. The fraction of sp³-hybridized carbons (Fsp3) is 0.250. The van der Waals surface area contributed by atoms with Gasteiger partial charge in [-0.2, -0.15) is 18.4 Å². The molecule has 2 fully saturated rings. The Morgan fingerprint density at radius 2 is 1.95 bits per heavy atom. The number of alkyl halides is 3. The Kier molecular flexibility index (Phi) is 7.88. The van der Waals surface area contributed by atoms with Crippen LogP contribution in [0, 0.1) is 17.1 Å². The number of carbonyl (C=O) groups excluding carboxylic acids is 2. The molecule has 0 radical (unpaired) electrons. The lowest BCUT2D eigenvalue weighted by atomic mass is 9.75. The molecule has 1 heterocycles. The molecular formula is C28H23F4N5O2S. The van der Waals surface area contributed by atoms with E-state index in [0.717, 1.165) is 17.0 Å². The average Bonchev–Trinajstić information content (AvgIpc) is 3.14. The zero-order valence-electron chi connectivity index (χ0n) is 21.3. The van der Waals surface area contributed by atoms with Crippen LogP contribution in [-0.2, 0) is 22.3 Å². The van der Waals surface area contributed by atoms with Gasteiger partial charge < -0.3 is 10.2 Å². The summed E-state index contributed by atoms with van der Waals surface area (Å²) in [5.41, 5.74) is -2.59. The predicted molar refractivity (Wildman–Crippen MR) is 146 cm³/mol. The van der Waals surface area contributed by atoms with Gasteiger partial charge in [0.15, 0.2) is 5.11 Å². The third-order valence-electron chi connectivity index (χ3n) is 6.86. The molecule has 0 bridgehead atoms. The number of nitrogens with one attached hydrogen (secondary N) is 1. The van der Waals surface area contributed by atoms with Crippen molar-refractivity contribution >= 4 is 47.2 Å². The number of amides is 2. The molecular weight excluding hydrogens is 546 g/mol. The second kappa shape index (κ2) is 11.0. The highest BCUT2D eigenvalue weighted by Gasteiger charge is 2.59. The smallest absolute Gasteiger partial charge is 0.347 e. The summed E-state index contributed by atoms with van der Waals surface area (Å²) in [6.07, 6.45) is 1.38. The maximum absolute atomic E-state index is 15.2. The van der Waals surface area contributed by atoms with Crippen LogP contribution in [0.15, 0.2) is 65.3 Å². The first kappa shape index (κ1) is 28.6. The summed E-state index contributed by atoms with van der Waals surface area (Å²) in [5, 5.41) is 11.6. The summed E-state index contributed by atoms with van der Waals surface area (Å²) in [5.74, 6) is -1.74. The molecule has 0 atom stereocenters. The van der Waals surface area contributed by atoms with Crippen molar-refractivity contribution in [2.24, 2.45) is 4.99 Å². The van der Waals surface area contributed by atoms with E-state index in [2.05, 4.69) is 17.0 Å². The largest absolute Gasteiger partial charge is 0.417 e. The zero-order valence-corrected chi connectivity index (χ0v) is 22.1. The van der Waals surface area contributed by atoms with Gasteiger partial charge in [0.2, 0.25) is 0 Å². The zero-order chi connectivity index (χ0) is 29.2. The number of anilines is 2. The maximum atomic E-state index is 15.2. The highest BCUT2D eigenvalue weighted by Crippen LogP contribution is 2.48. The van der Waals surface area contributed by atoms with Gasteiger partial charge >= 0.3 is 6.18 Å². The molecule has 2 aliphatic rings. The Hall–Kier alpha value is -4.37. The molecule has 0 aromatic heterocycles. The van der Waals surface area contributed by atoms with Crippen molar-refractivity contribution in [3.63, 3.8) is 0 Å². The molecule has 1 aliphatic heterocycles. The van der Waals surface area contributed by atoms with Gasteiger partial charge in [0.1, 0.15) is 17.1 Å². The number of benzene rings is 2. The van der Waals surface area contributed by atoms with Crippen molar-refractivity contribution in [2.75, 3.05) is 9.80 Å². The van der Waals surface area contributed by atoms with Gasteiger partial charge in [0, 0.05) is 17.8 Å². The summed E-state index contributed by atoms with van der Waals surface area (Å²) in [6.45, 7) is 4.96. The number of rotatable bonds is 7. The van der Waals surface area contributed by atoms with Gasteiger partial charge in [-0.3, -0.25) is 19.5 Å². The van der Waals surface area contributed by atoms with Crippen molar-refractivity contribution < 1.29 is 27.2 Å². The van der Waals surface area contributed by atoms with E-state index in [9.17, 15) is 22.8 Å². The molecule has 2 aromatic carbocycles. The normalized spacial score (nSPS) is 16.9. The number of allylic oxidation sites excluding steroid dienone is 3. The number of nitriles is 1. The Morgan fingerprint density at radius 3 is 2.50 bits per heavy atom. The van der Waals surface area contributed by atoms with Crippen LogP contribution in [0.5, 0.6) is 0 Å². The second-order valence-electron chi connectivity index (χ2n) is 9.18. The Bertz CT molecular complexity index is 1500. The summed E-state index contributed by atoms with van der Waals surface area (Å²) in [4.78, 5) is 32.1. The number of hydrogen-bond donors (Lipinski definition) is 1. The Morgan fingerprint density at radius 1 is 1.25 bits per heavy atom. The summed E-state index contributed by atoms with van der Waals surface area (Å²) < 4.78 is 56.0. The second-order valence-corrected chi connectivity index (χ2v) is 9.54. The molecule has 1 spiro atoms. The molecule has 4 rings (SSSR count). The number of carbonyl (C=O) groups is 2. The lowest BCUT2D eigenvalue weighted by Crippen LogP contribution is -2.55. The summed E-state index contributed by atoms with van der Waals surface area (Å²) >= 11 is 5.57. The van der Waals surface area contributed by atoms with Crippen LogP contribution in [-0.4, -0.2) is 29.2 Å². The molecule has 2 aromatic rings. The van der Waals surface area contributed by atoms with Crippen LogP contribution in [0.4, 0.5) is 28.9 Å². The van der Waals surface area contributed by atoms with Crippen LogP contribution in [0.1, 0.15) is 42.9 Å². The lowest BCUT2D eigenvalue weighted by Gasteiger charge is -2.43. The number of aliphatic imine (C=N–C) groups is 1. The van der Waals surface area contributed by atoms with Crippen LogP contribution >= 0.6 is 12.2 Å². The minimum atomic E-state index is -4.82. The first-order chi connectivity index (χ1) is 19.0. The molecule has 1 saturated heterocycles. The quantitative estimate of drug-likeness (QED) is 0.155. The molecule has 0 unspecified atom stereocenters. The number of thiocarbonyl (C=S) groups is 1. The highest BCUT2D eigenvalue weighted by molar-refractivity contribution is 7.81. The van der Waals surface area contributed by atoms with E-state index in [1.165, 1.54) is 41.3 Å². The van der Waals surface area contributed by atoms with E-state index in [1.54, 1.807) is 19.1 Å². The van der Waals surface area contributed by atoms with Gasteiger partial charge in [-0.15, -0.1) is 0 Å². The fourth-order valence-electron chi connectivity index (χ4n) is 4.68. The van der Waals surface area contributed by atoms with Crippen molar-refractivity contribution in [1.29, 1.82) is 5.26 Å². The van der Waals surface area contributed by atoms with Gasteiger partial charge in [-0.25, -0.2) is 4.39 Å². The number of nitrogens with zero attached hydrogens (tertiary/aromatic N) is 4.